The molecule has 2 saturated heterocycles. The van der Waals surface area contributed by atoms with E-state index in [1.165, 1.54) is 4.90 Å². The lowest BCUT2D eigenvalue weighted by Gasteiger charge is -2.40. The molecule has 2 aromatic rings. The van der Waals surface area contributed by atoms with Crippen LogP contribution in [0.25, 0.3) is 0 Å². The number of methoxy groups -OCH3 is 2. The standard InChI is InChI=1S/C39H54N2O9/c1-4-30-11-5-7-18-39(30,45)36(42)37(43)41-19-8-6-13-32(41)38(44)50-33(16-14-28-15-17-34(46-2)35(26-28)47-3)29-10-9-12-31(27-29)49-25-22-40-20-23-48-24-21-40/h9-10,12,15,17,26-27,30,32-33,45H,4-8,11,13-14,16,18-25H2,1-3H3/t30-,32+,33-,39+/m1/s1. The summed E-state index contributed by atoms with van der Waals surface area (Å²) < 4.78 is 28.8. The average molecular weight is 695 g/mol. The van der Waals surface area contributed by atoms with Crippen molar-refractivity contribution in [2.75, 3.05) is 60.2 Å². The van der Waals surface area contributed by atoms with E-state index in [0.717, 1.165) is 56.8 Å². The molecular weight excluding hydrogens is 640 g/mol. The number of esters is 1. The Hall–Kier alpha value is -3.67. The molecule has 1 amide bonds. The topological polar surface area (TPSA) is 124 Å². The predicted octanol–water partition coefficient (Wildman–Crippen LogP) is 4.91. The highest BCUT2D eigenvalue weighted by Crippen LogP contribution is 2.38. The molecule has 1 aliphatic carbocycles. The number of aliphatic hydroxyl groups is 1. The number of hydrogen-bond donors (Lipinski definition) is 1. The second-order valence-corrected chi connectivity index (χ2v) is 13.6. The fourth-order valence-corrected chi connectivity index (χ4v) is 7.57. The lowest BCUT2D eigenvalue weighted by atomic mass is 9.71. The lowest BCUT2D eigenvalue weighted by Crippen LogP contribution is -2.58. The number of amides is 1. The Morgan fingerprint density at radius 1 is 0.960 bits per heavy atom. The molecule has 0 unspecified atom stereocenters. The Morgan fingerprint density at radius 3 is 2.50 bits per heavy atom. The highest BCUT2D eigenvalue weighted by atomic mass is 16.5. The second-order valence-electron chi connectivity index (χ2n) is 13.6. The first kappa shape index (κ1) is 37.6. The molecule has 0 bridgehead atoms. The van der Waals surface area contributed by atoms with Gasteiger partial charge in [-0.15, -0.1) is 0 Å². The summed E-state index contributed by atoms with van der Waals surface area (Å²) in [6.45, 7) is 6.69. The van der Waals surface area contributed by atoms with Gasteiger partial charge in [0.1, 0.15) is 30.1 Å². The molecule has 4 atom stereocenters. The second kappa shape index (κ2) is 18.0. The molecule has 3 fully saturated rings. The largest absolute Gasteiger partial charge is 0.493 e. The molecular formula is C39H54N2O9. The summed E-state index contributed by atoms with van der Waals surface area (Å²) in [7, 11) is 3.18. The molecule has 5 rings (SSSR count). The highest BCUT2D eigenvalue weighted by molar-refractivity contribution is 6.39. The van der Waals surface area contributed by atoms with Crippen LogP contribution in [-0.2, 0) is 30.3 Å². The first-order valence-corrected chi connectivity index (χ1v) is 18.3. The average Bonchev–Trinajstić information content (AvgIpc) is 3.16. The Bertz CT molecular complexity index is 1440. The van der Waals surface area contributed by atoms with E-state index in [2.05, 4.69) is 4.90 Å². The number of hydrogen-bond acceptors (Lipinski definition) is 10. The quantitative estimate of drug-likeness (QED) is 0.203. The van der Waals surface area contributed by atoms with Gasteiger partial charge in [0.25, 0.3) is 11.7 Å². The van der Waals surface area contributed by atoms with Crippen LogP contribution < -0.4 is 14.2 Å². The van der Waals surface area contributed by atoms with E-state index >= 15 is 0 Å². The number of Topliss-reactive ketones (excluding diaryl/α,β-unsaturated/α-hetero) is 1. The summed E-state index contributed by atoms with van der Waals surface area (Å²) in [6, 6.07) is 12.4. The first-order chi connectivity index (χ1) is 24.3. The SMILES string of the molecule is CC[C@@H]1CCCC[C@@]1(O)C(=O)C(=O)N1CCCC[C@H]1C(=O)O[C@H](CCc1ccc(OC)c(OC)c1)c1cccc(OCCN2CCOCC2)c1. The minimum atomic E-state index is -1.69. The zero-order valence-electron chi connectivity index (χ0n) is 29.9. The molecule has 50 heavy (non-hydrogen) atoms. The third kappa shape index (κ3) is 9.16. The van der Waals surface area contributed by atoms with Crippen LogP contribution in [0.2, 0.25) is 0 Å². The van der Waals surface area contributed by atoms with E-state index < -0.39 is 35.4 Å². The van der Waals surface area contributed by atoms with Crippen molar-refractivity contribution in [1.82, 2.24) is 9.80 Å². The molecule has 2 heterocycles. The van der Waals surface area contributed by atoms with E-state index in [9.17, 15) is 19.5 Å². The smallest absolute Gasteiger partial charge is 0.329 e. The van der Waals surface area contributed by atoms with Crippen LogP contribution in [0.1, 0.15) is 81.9 Å². The predicted molar refractivity (Wildman–Crippen MR) is 187 cm³/mol. The molecule has 2 aliphatic heterocycles. The number of carbonyl (C=O) groups excluding carboxylic acids is 3. The summed E-state index contributed by atoms with van der Waals surface area (Å²) in [5, 5.41) is 11.5. The van der Waals surface area contributed by atoms with E-state index in [-0.39, 0.29) is 18.9 Å². The third-order valence-corrected chi connectivity index (χ3v) is 10.6. The fourth-order valence-electron chi connectivity index (χ4n) is 7.57. The van der Waals surface area contributed by atoms with Gasteiger partial charge in [-0.2, -0.15) is 0 Å². The number of aryl methyl sites for hydroxylation is 1. The molecule has 1 saturated carbocycles. The van der Waals surface area contributed by atoms with Gasteiger partial charge < -0.3 is 33.7 Å². The summed E-state index contributed by atoms with van der Waals surface area (Å²) >= 11 is 0. The Labute approximate surface area is 296 Å². The number of ether oxygens (including phenoxy) is 5. The Balaban J connectivity index is 1.33. The monoisotopic (exact) mass is 694 g/mol. The van der Waals surface area contributed by atoms with Crippen LogP contribution in [-0.4, -0.2) is 104 Å². The van der Waals surface area contributed by atoms with E-state index in [0.29, 0.717) is 68.8 Å². The van der Waals surface area contributed by atoms with Crippen LogP contribution in [0, 0.1) is 5.92 Å². The maximum Gasteiger partial charge on any atom is 0.329 e. The highest BCUT2D eigenvalue weighted by Gasteiger charge is 2.50. The van der Waals surface area contributed by atoms with Gasteiger partial charge in [0.2, 0.25) is 0 Å². The molecule has 274 valence electrons. The normalized spacial score (nSPS) is 23.5. The molecule has 0 spiro atoms. The van der Waals surface area contributed by atoms with Gasteiger partial charge in [0, 0.05) is 26.2 Å². The van der Waals surface area contributed by atoms with Gasteiger partial charge >= 0.3 is 5.97 Å². The minimum absolute atomic E-state index is 0.264. The Kier molecular flexibility index (Phi) is 13.5. The molecule has 0 aromatic heterocycles. The van der Waals surface area contributed by atoms with Crippen molar-refractivity contribution in [2.24, 2.45) is 5.92 Å². The number of piperidine rings is 1. The van der Waals surface area contributed by atoms with Crippen LogP contribution in [0.4, 0.5) is 0 Å². The van der Waals surface area contributed by atoms with Crippen molar-refractivity contribution in [1.29, 1.82) is 0 Å². The van der Waals surface area contributed by atoms with Crippen molar-refractivity contribution in [3.05, 3.63) is 53.6 Å². The lowest BCUT2D eigenvalue weighted by molar-refractivity contribution is -0.169. The molecule has 11 heteroatoms. The summed E-state index contributed by atoms with van der Waals surface area (Å²) in [5.74, 6) is -0.491. The summed E-state index contributed by atoms with van der Waals surface area (Å²) in [4.78, 5) is 45.1. The number of benzene rings is 2. The molecule has 0 radical (unpaired) electrons. The fraction of sp³-hybridized carbons (Fsp3) is 0.615. The molecule has 2 aromatic carbocycles. The third-order valence-electron chi connectivity index (χ3n) is 10.6. The van der Waals surface area contributed by atoms with Crippen LogP contribution in [0.5, 0.6) is 17.2 Å². The maximum absolute atomic E-state index is 14.0. The van der Waals surface area contributed by atoms with Crippen molar-refractivity contribution >= 4 is 17.7 Å². The van der Waals surface area contributed by atoms with E-state index in [4.69, 9.17) is 23.7 Å². The van der Waals surface area contributed by atoms with Gasteiger partial charge in [-0.3, -0.25) is 14.5 Å². The summed E-state index contributed by atoms with van der Waals surface area (Å²) in [5.41, 5.74) is 0.0582. The zero-order valence-corrected chi connectivity index (χ0v) is 29.9. The number of ketones is 1. The van der Waals surface area contributed by atoms with Gasteiger partial charge in [0.15, 0.2) is 11.5 Å². The first-order valence-electron chi connectivity index (χ1n) is 18.3. The zero-order chi connectivity index (χ0) is 35.5. The molecule has 1 N–H and O–H groups in total. The van der Waals surface area contributed by atoms with E-state index in [1.807, 2.05) is 49.4 Å². The number of likely N-dealkylation sites (tertiary alicyclic amines) is 1. The van der Waals surface area contributed by atoms with Gasteiger partial charge in [-0.25, -0.2) is 4.79 Å². The number of carbonyl (C=O) groups is 3. The van der Waals surface area contributed by atoms with Gasteiger partial charge in [-0.05, 0) is 86.3 Å². The number of morpholine rings is 1. The molecule has 3 aliphatic rings. The maximum atomic E-state index is 14.0. The number of nitrogens with zero attached hydrogens (tertiary/aromatic N) is 2. The van der Waals surface area contributed by atoms with Gasteiger partial charge in [0.05, 0.1) is 27.4 Å². The van der Waals surface area contributed by atoms with Gasteiger partial charge in [-0.1, -0.05) is 44.4 Å². The summed E-state index contributed by atoms with van der Waals surface area (Å²) in [6.07, 6.45) is 5.35. The van der Waals surface area contributed by atoms with Crippen LogP contribution >= 0.6 is 0 Å². The van der Waals surface area contributed by atoms with Crippen molar-refractivity contribution in [3.8, 4) is 17.2 Å². The van der Waals surface area contributed by atoms with Crippen LogP contribution in [0.3, 0.4) is 0 Å². The van der Waals surface area contributed by atoms with Crippen LogP contribution in [0.15, 0.2) is 42.5 Å². The molecule has 11 nitrogen and oxygen atoms in total. The minimum Gasteiger partial charge on any atom is -0.493 e. The van der Waals surface area contributed by atoms with Crippen molar-refractivity contribution in [3.63, 3.8) is 0 Å². The Morgan fingerprint density at radius 2 is 1.74 bits per heavy atom. The van der Waals surface area contributed by atoms with E-state index in [1.54, 1.807) is 14.2 Å². The van der Waals surface area contributed by atoms with Crippen molar-refractivity contribution < 1.29 is 43.2 Å². The van der Waals surface area contributed by atoms with Crippen molar-refractivity contribution in [2.45, 2.75) is 88.9 Å². The number of rotatable bonds is 15.